The summed E-state index contributed by atoms with van der Waals surface area (Å²) in [7, 11) is 0. The van der Waals surface area contributed by atoms with Gasteiger partial charge >= 0.3 is 0 Å². The zero-order valence-electron chi connectivity index (χ0n) is 10.1. The molecule has 0 aliphatic carbocycles. The first-order valence-electron chi connectivity index (χ1n) is 5.46. The van der Waals surface area contributed by atoms with Crippen LogP contribution < -0.4 is 0 Å². The third kappa shape index (κ3) is 3.12. The molecule has 0 N–H and O–H groups in total. The Bertz CT molecular complexity index is 578. The predicted molar refractivity (Wildman–Crippen MR) is 74.7 cm³/mol. The quantitative estimate of drug-likeness (QED) is 0.783. The van der Waals surface area contributed by atoms with Crippen molar-refractivity contribution in [1.82, 2.24) is 4.98 Å². The Hall–Kier alpha value is -1.32. The first kappa shape index (κ1) is 13.1. The van der Waals surface area contributed by atoms with E-state index < -0.39 is 0 Å². The van der Waals surface area contributed by atoms with Crippen molar-refractivity contribution in [3.63, 3.8) is 0 Å². The monoisotopic (exact) mass is 277 g/mol. The van der Waals surface area contributed by atoms with E-state index in [9.17, 15) is 4.79 Å². The van der Waals surface area contributed by atoms with Gasteiger partial charge in [-0.2, -0.15) is 0 Å². The van der Waals surface area contributed by atoms with E-state index in [0.717, 1.165) is 27.5 Å². The van der Waals surface area contributed by atoms with Crippen LogP contribution in [0.2, 0.25) is 5.02 Å². The molecule has 4 heteroatoms. The highest BCUT2D eigenvalue weighted by Gasteiger charge is 2.06. The fourth-order valence-electron chi connectivity index (χ4n) is 1.67. The molecule has 0 saturated carbocycles. The summed E-state index contributed by atoms with van der Waals surface area (Å²) in [5.74, 6) is 0. The van der Waals surface area contributed by atoms with E-state index in [1.165, 1.54) is 11.8 Å². The molecule has 0 atom stereocenters. The Balaban J connectivity index is 2.36. The van der Waals surface area contributed by atoms with Crippen LogP contribution in [0.4, 0.5) is 0 Å². The molecule has 1 heterocycles. The van der Waals surface area contributed by atoms with Crippen LogP contribution in [0.5, 0.6) is 0 Å². The summed E-state index contributed by atoms with van der Waals surface area (Å²) >= 11 is 7.34. The van der Waals surface area contributed by atoms with Crippen molar-refractivity contribution in [3.05, 3.63) is 52.2 Å². The van der Waals surface area contributed by atoms with Crippen LogP contribution in [-0.4, -0.2) is 11.3 Å². The van der Waals surface area contributed by atoms with Crippen LogP contribution in [-0.2, 0) is 0 Å². The lowest BCUT2D eigenvalue weighted by Crippen LogP contribution is -1.89. The van der Waals surface area contributed by atoms with E-state index >= 15 is 0 Å². The maximum Gasteiger partial charge on any atom is 0.151 e. The number of halogens is 1. The van der Waals surface area contributed by atoms with Crippen LogP contribution in [0.15, 0.2) is 40.3 Å². The molecule has 0 aliphatic heterocycles. The van der Waals surface area contributed by atoms with Crippen molar-refractivity contribution in [2.24, 2.45) is 0 Å². The molecule has 0 radical (unpaired) electrons. The Morgan fingerprint density at radius 1 is 1.22 bits per heavy atom. The van der Waals surface area contributed by atoms with E-state index in [1.807, 2.05) is 32.0 Å². The first-order valence-corrected chi connectivity index (χ1v) is 6.66. The fraction of sp³-hybridized carbons (Fsp3) is 0.143. The van der Waals surface area contributed by atoms with Gasteiger partial charge in [-0.3, -0.25) is 4.79 Å². The second-order valence-corrected chi connectivity index (χ2v) is 5.52. The predicted octanol–water partition coefficient (Wildman–Crippen LogP) is 4.32. The Labute approximate surface area is 115 Å². The van der Waals surface area contributed by atoms with Gasteiger partial charge in [0.15, 0.2) is 6.29 Å². The molecule has 0 aliphatic rings. The molecule has 18 heavy (non-hydrogen) atoms. The number of aldehydes is 1. The van der Waals surface area contributed by atoms with Gasteiger partial charge in [-0.25, -0.2) is 4.98 Å². The highest BCUT2D eigenvalue weighted by atomic mass is 35.5. The number of hydrogen-bond acceptors (Lipinski definition) is 3. The molecule has 1 aromatic carbocycles. The largest absolute Gasteiger partial charge is 0.298 e. The summed E-state index contributed by atoms with van der Waals surface area (Å²) < 4.78 is 0. The lowest BCUT2D eigenvalue weighted by atomic mass is 10.2. The van der Waals surface area contributed by atoms with Crippen molar-refractivity contribution in [3.8, 4) is 0 Å². The van der Waals surface area contributed by atoms with Crippen molar-refractivity contribution in [2.75, 3.05) is 0 Å². The van der Waals surface area contributed by atoms with Crippen molar-refractivity contribution in [1.29, 1.82) is 0 Å². The number of aromatic nitrogens is 1. The highest BCUT2D eigenvalue weighted by Crippen LogP contribution is 2.30. The third-order valence-electron chi connectivity index (χ3n) is 2.39. The summed E-state index contributed by atoms with van der Waals surface area (Å²) in [6.45, 7) is 3.99. The minimum Gasteiger partial charge on any atom is -0.298 e. The summed E-state index contributed by atoms with van der Waals surface area (Å²) in [6, 6.07) is 9.31. The Kier molecular flexibility index (Phi) is 4.04. The lowest BCUT2D eigenvalue weighted by molar-refractivity contribution is 0.112. The van der Waals surface area contributed by atoms with Gasteiger partial charge in [0, 0.05) is 21.2 Å². The molecule has 0 bridgehead atoms. The first-order chi connectivity index (χ1) is 8.58. The van der Waals surface area contributed by atoms with E-state index in [4.69, 9.17) is 11.6 Å². The fourth-order valence-corrected chi connectivity index (χ4v) is 2.87. The summed E-state index contributed by atoms with van der Waals surface area (Å²) in [5, 5.41) is 1.45. The van der Waals surface area contributed by atoms with Crippen LogP contribution in [0.1, 0.15) is 21.6 Å². The molecule has 2 rings (SSSR count). The van der Waals surface area contributed by atoms with Crippen LogP contribution >= 0.6 is 23.4 Å². The minimum atomic E-state index is 0.565. The van der Waals surface area contributed by atoms with E-state index in [0.29, 0.717) is 10.6 Å². The van der Waals surface area contributed by atoms with Gasteiger partial charge in [-0.05, 0) is 49.7 Å². The van der Waals surface area contributed by atoms with E-state index in [1.54, 1.807) is 12.1 Å². The summed E-state index contributed by atoms with van der Waals surface area (Å²) in [4.78, 5) is 16.3. The average Bonchev–Trinajstić information content (AvgIpc) is 2.30. The molecule has 0 spiro atoms. The van der Waals surface area contributed by atoms with Crippen molar-refractivity contribution in [2.45, 2.75) is 23.8 Å². The topological polar surface area (TPSA) is 30.0 Å². The number of carbonyl (C=O) groups is 1. The second kappa shape index (κ2) is 5.55. The van der Waals surface area contributed by atoms with Gasteiger partial charge in [-0.1, -0.05) is 23.4 Å². The number of pyridine rings is 1. The summed E-state index contributed by atoms with van der Waals surface area (Å²) in [6.07, 6.45) is 0.816. The standard InChI is InChI=1S/C14H12ClNOS/c1-9-5-10(2)16-14(6-9)18-13-4-3-12(15)7-11(13)8-17/h3-8H,1-2H3. The Morgan fingerprint density at radius 2 is 2.00 bits per heavy atom. The van der Waals surface area contributed by atoms with E-state index in [2.05, 4.69) is 4.98 Å². The smallest absolute Gasteiger partial charge is 0.151 e. The highest BCUT2D eigenvalue weighted by molar-refractivity contribution is 7.99. The number of benzene rings is 1. The van der Waals surface area contributed by atoms with E-state index in [-0.39, 0.29) is 0 Å². The molecule has 92 valence electrons. The maximum atomic E-state index is 11.0. The zero-order valence-corrected chi connectivity index (χ0v) is 11.7. The van der Waals surface area contributed by atoms with Crippen LogP contribution in [0.25, 0.3) is 0 Å². The van der Waals surface area contributed by atoms with Gasteiger partial charge in [-0.15, -0.1) is 0 Å². The second-order valence-electron chi connectivity index (χ2n) is 4.03. The molecular formula is C14H12ClNOS. The number of rotatable bonds is 3. The van der Waals surface area contributed by atoms with Crippen LogP contribution in [0.3, 0.4) is 0 Å². The lowest BCUT2D eigenvalue weighted by Gasteiger charge is -2.06. The molecule has 0 amide bonds. The molecule has 0 fully saturated rings. The molecule has 0 unspecified atom stereocenters. The molecule has 1 aromatic heterocycles. The van der Waals surface area contributed by atoms with Gasteiger partial charge in [0.1, 0.15) is 5.03 Å². The third-order valence-corrected chi connectivity index (χ3v) is 3.63. The van der Waals surface area contributed by atoms with Gasteiger partial charge in [0.25, 0.3) is 0 Å². The number of carbonyl (C=O) groups excluding carboxylic acids is 1. The molecular weight excluding hydrogens is 266 g/mol. The number of hydrogen-bond donors (Lipinski definition) is 0. The minimum absolute atomic E-state index is 0.565. The normalized spacial score (nSPS) is 10.4. The zero-order chi connectivity index (χ0) is 13.1. The van der Waals surface area contributed by atoms with Crippen molar-refractivity contribution >= 4 is 29.6 Å². The number of aryl methyl sites for hydroxylation is 2. The van der Waals surface area contributed by atoms with Crippen molar-refractivity contribution < 1.29 is 4.79 Å². The van der Waals surface area contributed by atoms with Gasteiger partial charge in [0.2, 0.25) is 0 Å². The number of nitrogens with zero attached hydrogens (tertiary/aromatic N) is 1. The summed E-state index contributed by atoms with van der Waals surface area (Å²) in [5.41, 5.74) is 2.72. The molecule has 2 nitrogen and oxygen atoms in total. The average molecular weight is 278 g/mol. The molecule has 2 aromatic rings. The van der Waals surface area contributed by atoms with Gasteiger partial charge < -0.3 is 0 Å². The SMILES string of the molecule is Cc1cc(C)nc(Sc2ccc(Cl)cc2C=O)c1. The Morgan fingerprint density at radius 3 is 2.67 bits per heavy atom. The van der Waals surface area contributed by atoms with Gasteiger partial charge in [0.05, 0.1) is 0 Å². The maximum absolute atomic E-state index is 11.0. The van der Waals surface area contributed by atoms with Crippen LogP contribution in [0, 0.1) is 13.8 Å². The molecule has 0 saturated heterocycles.